The number of likely N-dealkylation sites (N-methyl/N-ethyl adjacent to an activating group) is 1. The number of halogens is 1. The minimum absolute atomic E-state index is 0.0360. The Labute approximate surface area is 225 Å². The molecule has 6 heteroatoms. The summed E-state index contributed by atoms with van der Waals surface area (Å²) in [5, 5.41) is 3.16. The lowest BCUT2D eigenvalue weighted by Gasteiger charge is -2.45. The van der Waals surface area contributed by atoms with Crippen molar-refractivity contribution in [2.75, 3.05) is 21.2 Å². The molecule has 0 heterocycles. The maximum absolute atomic E-state index is 13.7. The van der Waals surface area contributed by atoms with Crippen LogP contribution in [0, 0.1) is 5.82 Å². The van der Waals surface area contributed by atoms with Crippen molar-refractivity contribution in [1.82, 2.24) is 10.2 Å². The fourth-order valence-corrected chi connectivity index (χ4v) is 5.17. The van der Waals surface area contributed by atoms with E-state index in [-0.39, 0.29) is 23.3 Å². The second-order valence-electron chi connectivity index (χ2n) is 10.2. The quantitative estimate of drug-likeness (QED) is 0.335. The van der Waals surface area contributed by atoms with Crippen LogP contribution in [0.1, 0.15) is 42.4 Å². The van der Waals surface area contributed by atoms with Gasteiger partial charge in [-0.05, 0) is 93.2 Å². The molecule has 0 unspecified atom stereocenters. The van der Waals surface area contributed by atoms with Crippen molar-refractivity contribution in [3.8, 4) is 11.5 Å². The minimum atomic E-state index is -0.198. The molecular formula is C32H37FN2O3. The molecule has 4 rings (SSSR count). The van der Waals surface area contributed by atoms with Crippen LogP contribution in [0.5, 0.6) is 11.5 Å². The molecule has 1 amide bonds. The highest BCUT2D eigenvalue weighted by Gasteiger charge is 2.37. The molecule has 0 bridgehead atoms. The molecule has 200 valence electrons. The van der Waals surface area contributed by atoms with Crippen LogP contribution in [0.4, 0.5) is 4.39 Å². The summed E-state index contributed by atoms with van der Waals surface area (Å²) in [5.74, 6) is 0.967. The van der Waals surface area contributed by atoms with Gasteiger partial charge in [-0.15, -0.1) is 0 Å². The van der Waals surface area contributed by atoms with E-state index in [1.807, 2.05) is 54.6 Å². The van der Waals surface area contributed by atoms with E-state index in [1.54, 1.807) is 31.4 Å². The number of hydrogen-bond acceptors (Lipinski definition) is 4. The highest BCUT2D eigenvalue weighted by Crippen LogP contribution is 2.35. The molecule has 1 aliphatic carbocycles. The summed E-state index contributed by atoms with van der Waals surface area (Å²) in [6.45, 7) is 0.452. The van der Waals surface area contributed by atoms with Crippen LogP contribution in [0.15, 0.2) is 78.9 Å². The van der Waals surface area contributed by atoms with Gasteiger partial charge in [0, 0.05) is 17.7 Å². The first-order chi connectivity index (χ1) is 18.4. The molecular weight excluding hydrogens is 479 g/mol. The van der Waals surface area contributed by atoms with Crippen molar-refractivity contribution in [2.45, 2.75) is 50.3 Å². The number of hydrogen-bond donors (Lipinski definition) is 1. The Kier molecular flexibility index (Phi) is 9.19. The molecule has 3 aromatic rings. The Balaban J connectivity index is 1.30. The van der Waals surface area contributed by atoms with E-state index in [4.69, 9.17) is 9.47 Å². The topological polar surface area (TPSA) is 50.8 Å². The average Bonchev–Trinajstić information content (AvgIpc) is 2.92. The molecule has 38 heavy (non-hydrogen) atoms. The van der Waals surface area contributed by atoms with Gasteiger partial charge in [0.2, 0.25) is 5.91 Å². The Hall–Kier alpha value is -3.64. The molecule has 1 aliphatic rings. The van der Waals surface area contributed by atoms with Crippen molar-refractivity contribution in [3.05, 3.63) is 101 Å². The Bertz CT molecular complexity index is 1230. The number of carbonyl (C=O) groups excluding carboxylic acids is 1. The number of ether oxygens (including phenoxy) is 2. The third kappa shape index (κ3) is 7.23. The minimum Gasteiger partial charge on any atom is -0.493 e. The van der Waals surface area contributed by atoms with E-state index in [0.29, 0.717) is 18.1 Å². The summed E-state index contributed by atoms with van der Waals surface area (Å²) in [7, 11) is 5.79. The van der Waals surface area contributed by atoms with Crippen LogP contribution < -0.4 is 14.8 Å². The Morgan fingerprint density at radius 3 is 2.42 bits per heavy atom. The lowest BCUT2D eigenvalue weighted by Crippen LogP contribution is -2.52. The van der Waals surface area contributed by atoms with E-state index < -0.39 is 0 Å². The van der Waals surface area contributed by atoms with E-state index in [9.17, 15) is 9.18 Å². The number of methoxy groups -OCH3 is 1. The lowest BCUT2D eigenvalue weighted by atomic mass is 9.75. The van der Waals surface area contributed by atoms with Crippen molar-refractivity contribution < 1.29 is 18.7 Å². The Morgan fingerprint density at radius 2 is 1.74 bits per heavy atom. The van der Waals surface area contributed by atoms with Gasteiger partial charge < -0.3 is 19.7 Å². The first-order valence-corrected chi connectivity index (χ1v) is 13.1. The van der Waals surface area contributed by atoms with Crippen molar-refractivity contribution in [3.63, 3.8) is 0 Å². The monoisotopic (exact) mass is 516 g/mol. The third-order valence-electron chi connectivity index (χ3n) is 7.49. The number of benzene rings is 3. The van der Waals surface area contributed by atoms with E-state index in [2.05, 4.69) is 24.3 Å². The van der Waals surface area contributed by atoms with Crippen LogP contribution in [0.25, 0.3) is 6.08 Å². The molecule has 1 N–H and O–H groups in total. The highest BCUT2D eigenvalue weighted by molar-refractivity contribution is 5.92. The Morgan fingerprint density at radius 1 is 1.00 bits per heavy atom. The fraction of sp³-hybridized carbons (Fsp3) is 0.344. The van der Waals surface area contributed by atoms with Crippen molar-refractivity contribution in [1.29, 1.82) is 0 Å². The van der Waals surface area contributed by atoms with Crippen LogP contribution in [0.3, 0.4) is 0 Å². The van der Waals surface area contributed by atoms with E-state index in [1.165, 1.54) is 6.07 Å². The highest BCUT2D eigenvalue weighted by atomic mass is 19.1. The van der Waals surface area contributed by atoms with Gasteiger partial charge in [0.1, 0.15) is 12.4 Å². The third-order valence-corrected chi connectivity index (χ3v) is 7.49. The number of carbonyl (C=O) groups is 1. The predicted molar refractivity (Wildman–Crippen MR) is 150 cm³/mol. The van der Waals surface area contributed by atoms with Gasteiger partial charge in [-0.3, -0.25) is 4.79 Å². The summed E-state index contributed by atoms with van der Waals surface area (Å²) in [5.41, 5.74) is 2.91. The molecule has 0 aromatic heterocycles. The van der Waals surface area contributed by atoms with Crippen LogP contribution >= 0.6 is 0 Å². The molecule has 0 radical (unpaired) electrons. The fourth-order valence-electron chi connectivity index (χ4n) is 5.17. The lowest BCUT2D eigenvalue weighted by molar-refractivity contribution is -0.117. The summed E-state index contributed by atoms with van der Waals surface area (Å²) in [6, 6.07) is 22.6. The maximum atomic E-state index is 13.7. The smallest absolute Gasteiger partial charge is 0.244 e. The van der Waals surface area contributed by atoms with E-state index >= 15 is 0 Å². The average molecular weight is 517 g/mol. The number of nitrogens with zero attached hydrogens (tertiary/aromatic N) is 1. The number of rotatable bonds is 10. The molecule has 0 atom stereocenters. The van der Waals surface area contributed by atoms with Gasteiger partial charge in [0.25, 0.3) is 0 Å². The predicted octanol–water partition coefficient (Wildman–Crippen LogP) is 6.03. The molecule has 0 spiro atoms. The second-order valence-corrected chi connectivity index (χ2v) is 10.2. The zero-order chi connectivity index (χ0) is 27.0. The van der Waals surface area contributed by atoms with Gasteiger partial charge in [-0.25, -0.2) is 4.39 Å². The molecule has 5 nitrogen and oxygen atoms in total. The van der Waals surface area contributed by atoms with Gasteiger partial charge >= 0.3 is 0 Å². The molecule has 3 aromatic carbocycles. The standard InChI is InChI=1S/C32H37FN2O3/c1-35(2)32(22-26-10-7-11-27(33)20-26)18-16-28(17-19-32)34-31(36)15-13-24-12-14-29(30(21-24)37-3)38-23-25-8-5-4-6-9-25/h4-15,20-21,28H,16-19,22-23H2,1-3H3,(H,34,36). The summed E-state index contributed by atoms with van der Waals surface area (Å²) < 4.78 is 25.2. The van der Waals surface area contributed by atoms with Crippen LogP contribution in [-0.2, 0) is 17.8 Å². The molecule has 0 saturated heterocycles. The van der Waals surface area contributed by atoms with Crippen LogP contribution in [0.2, 0.25) is 0 Å². The van der Waals surface area contributed by atoms with Crippen molar-refractivity contribution in [2.24, 2.45) is 0 Å². The number of amides is 1. The summed E-state index contributed by atoms with van der Waals surface area (Å²) >= 11 is 0. The van der Waals surface area contributed by atoms with Crippen LogP contribution in [-0.4, -0.2) is 43.6 Å². The first kappa shape index (κ1) is 27.4. The molecule has 1 saturated carbocycles. The van der Waals surface area contributed by atoms with Crippen molar-refractivity contribution >= 4 is 12.0 Å². The normalized spacial score (nSPS) is 19.4. The zero-order valence-corrected chi connectivity index (χ0v) is 22.5. The van der Waals surface area contributed by atoms with Gasteiger partial charge in [-0.2, -0.15) is 0 Å². The second kappa shape index (κ2) is 12.7. The summed E-state index contributed by atoms with van der Waals surface area (Å²) in [6.07, 6.45) is 7.79. The molecule has 0 aliphatic heterocycles. The zero-order valence-electron chi connectivity index (χ0n) is 22.5. The van der Waals surface area contributed by atoms with E-state index in [0.717, 1.165) is 48.8 Å². The van der Waals surface area contributed by atoms with Gasteiger partial charge in [0.15, 0.2) is 11.5 Å². The number of nitrogens with one attached hydrogen (secondary N) is 1. The first-order valence-electron chi connectivity index (χ1n) is 13.1. The summed E-state index contributed by atoms with van der Waals surface area (Å²) in [4.78, 5) is 14.9. The van der Waals surface area contributed by atoms with Gasteiger partial charge in [0.05, 0.1) is 7.11 Å². The SMILES string of the molecule is COc1cc(C=CC(=O)NC2CCC(Cc3cccc(F)c3)(N(C)C)CC2)ccc1OCc1ccccc1. The molecule has 1 fully saturated rings. The maximum Gasteiger partial charge on any atom is 0.244 e. The largest absolute Gasteiger partial charge is 0.493 e. The van der Waals surface area contributed by atoms with Gasteiger partial charge in [-0.1, -0.05) is 48.5 Å².